The van der Waals surface area contributed by atoms with Crippen LogP contribution >= 0.6 is 0 Å². The Hall–Kier alpha value is -3.73. The van der Waals surface area contributed by atoms with Gasteiger partial charge >= 0.3 is 0 Å². The molecule has 0 spiro atoms. The van der Waals surface area contributed by atoms with E-state index in [-0.39, 0.29) is 11.8 Å². The normalized spacial score (nSPS) is 19.8. The monoisotopic (exact) mass is 584 g/mol. The Morgan fingerprint density at radius 1 is 0.814 bits per heavy atom. The molecule has 1 aromatic heterocycles. The lowest BCUT2D eigenvalue weighted by Crippen LogP contribution is -2.52. The molecule has 0 radical (unpaired) electrons. The smallest absolute Gasteiger partial charge is 0.271 e. The van der Waals surface area contributed by atoms with E-state index in [1.165, 1.54) is 31.6 Å². The highest BCUT2D eigenvalue weighted by Gasteiger charge is 2.27. The third-order valence-corrected chi connectivity index (χ3v) is 9.10. The first kappa shape index (κ1) is 29.3. The molecule has 3 aliphatic rings. The van der Waals surface area contributed by atoms with Crippen LogP contribution in [0.5, 0.6) is 5.88 Å². The molecule has 0 saturated carbocycles. The summed E-state index contributed by atoms with van der Waals surface area (Å²) < 4.78 is 6.45. The van der Waals surface area contributed by atoms with Gasteiger partial charge < -0.3 is 30.5 Å². The molecule has 2 aromatic carbocycles. The summed E-state index contributed by atoms with van der Waals surface area (Å²) in [5, 5.41) is 3.31. The maximum Gasteiger partial charge on any atom is 0.271 e. The maximum atomic E-state index is 12.6. The van der Waals surface area contributed by atoms with Crippen molar-refractivity contribution in [2.24, 2.45) is 5.73 Å². The molecule has 0 unspecified atom stereocenters. The summed E-state index contributed by atoms with van der Waals surface area (Å²) in [4.78, 5) is 32.0. The first-order valence-electron chi connectivity index (χ1n) is 15.6. The number of piperidine rings is 2. The summed E-state index contributed by atoms with van der Waals surface area (Å²) in [5.74, 6) is 0.0711. The number of likely N-dealkylation sites (tertiary alicyclic amines) is 1. The lowest BCUT2D eigenvalue weighted by atomic mass is 10.0. The Labute approximate surface area is 254 Å². The van der Waals surface area contributed by atoms with Crippen molar-refractivity contribution < 1.29 is 9.53 Å². The van der Waals surface area contributed by atoms with E-state index in [9.17, 15) is 4.79 Å². The molecule has 1 amide bonds. The highest BCUT2D eigenvalue weighted by molar-refractivity contribution is 5.97. The predicted octanol–water partition coefficient (Wildman–Crippen LogP) is 3.68. The number of piperazine rings is 1. The van der Waals surface area contributed by atoms with Gasteiger partial charge in [0.1, 0.15) is 11.8 Å². The number of aromatic nitrogens is 2. The largest absolute Gasteiger partial charge is 0.473 e. The van der Waals surface area contributed by atoms with Gasteiger partial charge in [-0.1, -0.05) is 30.3 Å². The minimum absolute atomic E-state index is 0.0277. The van der Waals surface area contributed by atoms with E-state index in [0.29, 0.717) is 23.4 Å². The zero-order chi connectivity index (χ0) is 29.8. The molecule has 43 heavy (non-hydrogen) atoms. The van der Waals surface area contributed by atoms with Crippen LogP contribution < -0.4 is 20.7 Å². The highest BCUT2D eigenvalue weighted by Crippen LogP contribution is 2.33. The standard InChI is InChI=1S/C33H44N8O2/c1-38-16-14-28(15-17-38)43-33-29(24-6-4-3-5-7-24)36-30(31(34)42)32(37-33)35-25-8-10-26(11-9-25)40-18-12-27(13-19-40)41-22-20-39(2)21-23-41/h3-11,27-28H,12-23H2,1-2H3,(H2,34,42)(H,35,37). The van der Waals surface area contributed by atoms with E-state index in [4.69, 9.17) is 20.4 Å². The maximum absolute atomic E-state index is 12.6. The van der Waals surface area contributed by atoms with Crippen molar-refractivity contribution in [3.63, 3.8) is 0 Å². The van der Waals surface area contributed by atoms with Crippen molar-refractivity contribution in [2.75, 3.05) is 76.7 Å². The molecule has 4 heterocycles. The van der Waals surface area contributed by atoms with Crippen LogP contribution in [0.2, 0.25) is 0 Å². The zero-order valence-electron chi connectivity index (χ0n) is 25.4. The molecular weight excluding hydrogens is 540 g/mol. The second kappa shape index (κ2) is 13.3. The number of amides is 1. The number of hydrogen-bond donors (Lipinski definition) is 2. The summed E-state index contributed by atoms with van der Waals surface area (Å²) in [6.07, 6.45) is 4.21. The van der Waals surface area contributed by atoms with E-state index in [2.05, 4.69) is 51.1 Å². The van der Waals surface area contributed by atoms with Gasteiger partial charge in [0.25, 0.3) is 5.91 Å². The van der Waals surface area contributed by atoms with Crippen molar-refractivity contribution in [1.82, 2.24) is 24.7 Å². The number of ether oxygens (including phenoxy) is 1. The molecule has 3 fully saturated rings. The zero-order valence-corrected chi connectivity index (χ0v) is 25.4. The van der Waals surface area contributed by atoms with Crippen LogP contribution in [0.4, 0.5) is 17.2 Å². The molecule has 0 aliphatic carbocycles. The van der Waals surface area contributed by atoms with Gasteiger partial charge in [-0.05, 0) is 64.0 Å². The van der Waals surface area contributed by atoms with Crippen molar-refractivity contribution >= 4 is 23.1 Å². The number of nitrogens with zero attached hydrogens (tertiary/aromatic N) is 6. The minimum Gasteiger partial charge on any atom is -0.473 e. The van der Waals surface area contributed by atoms with E-state index < -0.39 is 5.91 Å². The SMILES string of the molecule is CN1CCC(Oc2nc(Nc3ccc(N4CCC(N5CCN(C)CC5)CC4)cc3)c(C(N)=O)nc2-c2ccccc2)CC1. The number of nitrogens with one attached hydrogen (secondary N) is 1. The third kappa shape index (κ3) is 7.09. The molecule has 10 heteroatoms. The minimum atomic E-state index is -0.641. The second-order valence-electron chi connectivity index (χ2n) is 12.2. The van der Waals surface area contributed by atoms with Gasteiger partial charge in [0.15, 0.2) is 11.5 Å². The summed E-state index contributed by atoms with van der Waals surface area (Å²) in [5.41, 5.74) is 9.27. The van der Waals surface area contributed by atoms with Gasteiger partial charge in [0.05, 0.1) is 0 Å². The van der Waals surface area contributed by atoms with Crippen molar-refractivity contribution in [3.05, 3.63) is 60.3 Å². The predicted molar refractivity (Wildman–Crippen MR) is 171 cm³/mol. The van der Waals surface area contributed by atoms with Crippen molar-refractivity contribution in [2.45, 2.75) is 37.8 Å². The Morgan fingerprint density at radius 3 is 2.12 bits per heavy atom. The first-order chi connectivity index (χ1) is 20.9. The fourth-order valence-electron chi connectivity index (χ4n) is 6.37. The van der Waals surface area contributed by atoms with Crippen LogP contribution in [-0.2, 0) is 0 Å². The first-order valence-corrected chi connectivity index (χ1v) is 15.6. The molecule has 228 valence electrons. The van der Waals surface area contributed by atoms with E-state index in [1.54, 1.807) is 0 Å². The van der Waals surface area contributed by atoms with Crippen LogP contribution in [0.25, 0.3) is 11.3 Å². The molecule has 3 N–H and O–H groups in total. The summed E-state index contributed by atoms with van der Waals surface area (Å²) in [7, 11) is 4.33. The van der Waals surface area contributed by atoms with E-state index in [0.717, 1.165) is 63.4 Å². The number of benzene rings is 2. The average Bonchev–Trinajstić information content (AvgIpc) is 3.03. The fourth-order valence-corrected chi connectivity index (χ4v) is 6.37. The average molecular weight is 585 g/mol. The Morgan fingerprint density at radius 2 is 1.47 bits per heavy atom. The molecule has 6 rings (SSSR count). The number of hydrogen-bond acceptors (Lipinski definition) is 9. The van der Waals surface area contributed by atoms with E-state index >= 15 is 0 Å². The summed E-state index contributed by atoms with van der Waals surface area (Å²) in [6.45, 7) is 8.71. The number of carbonyl (C=O) groups is 1. The van der Waals surface area contributed by atoms with Gasteiger partial charge in [-0.3, -0.25) is 9.69 Å². The molecule has 0 bridgehead atoms. The number of primary amides is 1. The number of anilines is 3. The third-order valence-electron chi connectivity index (χ3n) is 9.10. The molecule has 3 aliphatic heterocycles. The van der Waals surface area contributed by atoms with Crippen LogP contribution in [-0.4, -0.2) is 109 Å². The van der Waals surface area contributed by atoms with Crippen molar-refractivity contribution in [3.8, 4) is 17.1 Å². The highest BCUT2D eigenvalue weighted by atomic mass is 16.5. The quantitative estimate of drug-likeness (QED) is 0.411. The van der Waals surface area contributed by atoms with Crippen LogP contribution in [0.3, 0.4) is 0 Å². The molecule has 3 saturated heterocycles. The van der Waals surface area contributed by atoms with Gasteiger partial charge in [-0.15, -0.1) is 0 Å². The Balaban J connectivity index is 1.18. The van der Waals surface area contributed by atoms with Crippen LogP contribution in [0, 0.1) is 0 Å². The molecular formula is C33H44N8O2. The number of likely N-dealkylation sites (N-methyl/N-ethyl adjacent to an activating group) is 1. The number of nitrogens with two attached hydrogens (primary N) is 1. The Kier molecular flexibility index (Phi) is 9.06. The molecule has 3 aromatic rings. The number of carbonyl (C=O) groups excluding carboxylic acids is 1. The summed E-state index contributed by atoms with van der Waals surface area (Å²) in [6, 6.07) is 18.7. The van der Waals surface area contributed by atoms with Gasteiger partial charge in [-0.25, -0.2) is 4.98 Å². The topological polar surface area (TPSA) is 103 Å². The Bertz CT molecular complexity index is 1360. The number of rotatable bonds is 8. The van der Waals surface area contributed by atoms with Crippen LogP contribution in [0.1, 0.15) is 36.2 Å². The van der Waals surface area contributed by atoms with Crippen LogP contribution in [0.15, 0.2) is 54.6 Å². The molecule has 10 nitrogen and oxygen atoms in total. The van der Waals surface area contributed by atoms with Crippen molar-refractivity contribution in [1.29, 1.82) is 0 Å². The van der Waals surface area contributed by atoms with Gasteiger partial charge in [-0.2, -0.15) is 4.98 Å². The van der Waals surface area contributed by atoms with E-state index in [1.807, 2.05) is 42.5 Å². The lowest BCUT2D eigenvalue weighted by Gasteiger charge is -2.42. The fraction of sp³-hybridized carbons (Fsp3) is 0.485. The molecule has 0 atom stereocenters. The van der Waals surface area contributed by atoms with Gasteiger partial charge in [0.2, 0.25) is 5.88 Å². The van der Waals surface area contributed by atoms with Gasteiger partial charge in [0, 0.05) is 75.3 Å². The summed E-state index contributed by atoms with van der Waals surface area (Å²) >= 11 is 0. The second-order valence-corrected chi connectivity index (χ2v) is 12.2. The lowest BCUT2D eigenvalue weighted by molar-refractivity contribution is 0.0982.